The smallest absolute Gasteiger partial charge is 0.311 e. The van der Waals surface area contributed by atoms with Gasteiger partial charge in [0, 0.05) is 31.4 Å². The number of fused-ring (bicyclic) bond motifs is 2. The molecule has 0 radical (unpaired) electrons. The summed E-state index contributed by atoms with van der Waals surface area (Å²) in [5.41, 5.74) is -3.72. The molecule has 8 unspecified atom stereocenters. The summed E-state index contributed by atoms with van der Waals surface area (Å²) in [6.07, 6.45) is -6.65. The van der Waals surface area contributed by atoms with Crippen molar-refractivity contribution in [2.24, 2.45) is 23.7 Å². The zero-order valence-electron chi connectivity index (χ0n) is 33.3. The number of esters is 1. The van der Waals surface area contributed by atoms with Crippen molar-refractivity contribution in [3.8, 4) is 0 Å². The van der Waals surface area contributed by atoms with Gasteiger partial charge in [-0.1, -0.05) is 34.1 Å². The van der Waals surface area contributed by atoms with Crippen LogP contribution >= 0.6 is 0 Å². The summed E-state index contributed by atoms with van der Waals surface area (Å²) in [5, 5.41) is 45.6. The van der Waals surface area contributed by atoms with Gasteiger partial charge in [-0.25, -0.2) is 0 Å². The molecule has 0 amide bonds. The number of carbonyl (C=O) groups excluding carboxylic acids is 1. The fourth-order valence-electron chi connectivity index (χ4n) is 9.35. The number of ether oxygens (including phenoxy) is 7. The Bertz CT molecular complexity index is 1160. The third-order valence-electron chi connectivity index (χ3n) is 12.5. The Labute approximate surface area is 305 Å². The van der Waals surface area contributed by atoms with E-state index in [-0.39, 0.29) is 24.5 Å². The molecule has 0 aromatic heterocycles. The van der Waals surface area contributed by atoms with Crippen LogP contribution in [0.15, 0.2) is 0 Å². The number of hydrogen-bond acceptors (Lipinski definition) is 13. The molecular formula is C38H69NO12. The summed E-state index contributed by atoms with van der Waals surface area (Å²) in [6.45, 7) is 18.5. The molecule has 0 spiro atoms. The number of cyclic esters (lactones) is 1. The van der Waals surface area contributed by atoms with Gasteiger partial charge in [-0.15, -0.1) is 0 Å². The fraction of sp³-hybridized carbons (Fsp3) is 0.974. The highest BCUT2D eigenvalue weighted by Crippen LogP contribution is 2.48. The van der Waals surface area contributed by atoms with Gasteiger partial charge >= 0.3 is 5.97 Å². The summed E-state index contributed by atoms with van der Waals surface area (Å²) < 4.78 is 45.2. The minimum Gasteiger partial charge on any atom is -0.459 e. The van der Waals surface area contributed by atoms with Crippen LogP contribution in [0.1, 0.15) is 101 Å². The first-order valence-electron chi connectivity index (χ1n) is 19.1. The third kappa shape index (κ3) is 8.64. The minimum absolute atomic E-state index is 0.0584. The molecule has 298 valence electrons. The second kappa shape index (κ2) is 16.4. The molecule has 4 N–H and O–H groups in total. The Balaban J connectivity index is 1.82. The van der Waals surface area contributed by atoms with Gasteiger partial charge in [0.25, 0.3) is 0 Å². The van der Waals surface area contributed by atoms with Gasteiger partial charge in [0.15, 0.2) is 12.6 Å². The van der Waals surface area contributed by atoms with E-state index < -0.39 is 102 Å². The molecule has 4 heterocycles. The molecule has 2 bridgehead atoms. The molecule has 13 nitrogen and oxygen atoms in total. The maximum atomic E-state index is 14.3. The summed E-state index contributed by atoms with van der Waals surface area (Å²) in [4.78, 5) is 16.3. The maximum Gasteiger partial charge on any atom is 0.311 e. The van der Waals surface area contributed by atoms with E-state index in [1.54, 1.807) is 20.8 Å². The lowest BCUT2D eigenvalue weighted by atomic mass is 9.75. The van der Waals surface area contributed by atoms with E-state index in [1.165, 1.54) is 14.0 Å². The second-order valence-electron chi connectivity index (χ2n) is 17.1. The van der Waals surface area contributed by atoms with Gasteiger partial charge in [0.2, 0.25) is 0 Å². The van der Waals surface area contributed by atoms with Gasteiger partial charge < -0.3 is 58.5 Å². The molecule has 4 fully saturated rings. The number of methoxy groups -OCH3 is 1. The average molecular weight is 732 g/mol. The van der Waals surface area contributed by atoms with Crippen molar-refractivity contribution in [3.63, 3.8) is 0 Å². The van der Waals surface area contributed by atoms with E-state index in [4.69, 9.17) is 33.2 Å². The second-order valence-corrected chi connectivity index (χ2v) is 17.1. The van der Waals surface area contributed by atoms with Crippen molar-refractivity contribution in [3.05, 3.63) is 0 Å². The minimum atomic E-state index is -1.78. The molecule has 4 saturated heterocycles. The predicted molar refractivity (Wildman–Crippen MR) is 189 cm³/mol. The maximum absolute atomic E-state index is 14.3. The van der Waals surface area contributed by atoms with Crippen LogP contribution in [0.4, 0.5) is 0 Å². The summed E-state index contributed by atoms with van der Waals surface area (Å²) in [5.74, 6) is -2.67. The highest BCUT2D eigenvalue weighted by atomic mass is 16.7. The largest absolute Gasteiger partial charge is 0.459 e. The topological polar surface area (TPSA) is 166 Å². The third-order valence-corrected chi connectivity index (χ3v) is 12.5. The zero-order chi connectivity index (χ0) is 38.4. The molecule has 4 rings (SSSR count). The molecule has 0 saturated carbocycles. The molecular weight excluding hydrogens is 662 g/mol. The highest BCUT2D eigenvalue weighted by Gasteiger charge is 2.59. The van der Waals surface area contributed by atoms with Crippen LogP contribution < -0.4 is 0 Å². The van der Waals surface area contributed by atoms with Gasteiger partial charge in [-0.05, 0) is 80.8 Å². The summed E-state index contributed by atoms with van der Waals surface area (Å²) in [7, 11) is 5.37. The zero-order valence-corrected chi connectivity index (χ0v) is 33.3. The van der Waals surface area contributed by atoms with Crippen LogP contribution in [-0.4, -0.2) is 143 Å². The Morgan fingerprint density at radius 2 is 1.67 bits per heavy atom. The highest BCUT2D eigenvalue weighted by molar-refractivity contribution is 5.73. The number of rotatable bonds is 10. The van der Waals surface area contributed by atoms with Gasteiger partial charge in [-0.2, -0.15) is 0 Å². The van der Waals surface area contributed by atoms with Crippen molar-refractivity contribution in [2.75, 3.05) is 21.2 Å². The van der Waals surface area contributed by atoms with Crippen LogP contribution in [-0.2, 0) is 38.0 Å². The van der Waals surface area contributed by atoms with Crippen molar-refractivity contribution in [1.82, 2.24) is 4.90 Å². The van der Waals surface area contributed by atoms with Crippen molar-refractivity contribution >= 4 is 5.97 Å². The van der Waals surface area contributed by atoms with Crippen LogP contribution in [0, 0.1) is 23.7 Å². The lowest BCUT2D eigenvalue weighted by Gasteiger charge is -2.48. The predicted octanol–water partition coefficient (Wildman–Crippen LogP) is 3.01. The van der Waals surface area contributed by atoms with E-state index in [2.05, 4.69) is 6.92 Å². The van der Waals surface area contributed by atoms with Crippen molar-refractivity contribution in [2.45, 2.75) is 192 Å². The SMILES string of the molecule is CCC[C@@H](O)[C@@](C)(O)[C@@H]1OC(=O)[C@H](C)[C@@H](OC2CC(C)(OC)C(O)C(C)O2)[C@H](C)[C@@H](OC2OC(C)CC(N(C)C)C2O)[C@@]2(C)C[C@@H](C)[C@@H](O2)[C@@H]1C. The standard InChI is InChI=1S/C38H69NO12/c1-14-15-26(40)38(10,44)33-21(4)29-19(2)17-37(9,51-29)32(50-35-28(41)25(39(11)12)16-20(3)46-35)22(5)30(23(6)34(43)49-33)48-27-18-36(8,45-13)31(42)24(7)47-27/h19-33,35,40-42,44H,14-18H2,1-13H3/t19-,20?,21+,22+,23-,24?,25?,26-,27?,28?,29-,30+,31?,32-,33-,35?,36?,37-,38-/m1/s1. The number of hydrogen-bond donors (Lipinski definition) is 4. The van der Waals surface area contributed by atoms with Gasteiger partial charge in [0.1, 0.15) is 23.9 Å². The molecule has 13 heteroatoms. The van der Waals surface area contributed by atoms with E-state index in [0.29, 0.717) is 25.7 Å². The molecule has 0 aromatic carbocycles. The average Bonchev–Trinajstić information content (AvgIpc) is 3.37. The van der Waals surface area contributed by atoms with Gasteiger partial charge in [0.05, 0.1) is 53.7 Å². The Hall–Kier alpha value is -0.970. The van der Waals surface area contributed by atoms with Crippen molar-refractivity contribution < 1.29 is 58.4 Å². The monoisotopic (exact) mass is 731 g/mol. The first-order chi connectivity index (χ1) is 23.6. The fourth-order valence-corrected chi connectivity index (χ4v) is 9.35. The van der Waals surface area contributed by atoms with E-state index >= 15 is 0 Å². The molecule has 0 aromatic rings. The van der Waals surface area contributed by atoms with Crippen molar-refractivity contribution in [1.29, 1.82) is 0 Å². The molecule has 19 atom stereocenters. The molecule has 0 aliphatic carbocycles. The van der Waals surface area contributed by atoms with Crippen LogP contribution in [0.25, 0.3) is 0 Å². The quantitative estimate of drug-likeness (QED) is 0.243. The van der Waals surface area contributed by atoms with E-state index in [1.807, 2.05) is 53.6 Å². The number of carbonyl (C=O) groups is 1. The number of aliphatic hydroxyl groups excluding tert-OH is 3. The number of nitrogens with zero attached hydrogens (tertiary/aromatic N) is 1. The normalized spacial score (nSPS) is 48.8. The first kappa shape index (κ1) is 42.8. The summed E-state index contributed by atoms with van der Waals surface area (Å²) >= 11 is 0. The molecule has 51 heavy (non-hydrogen) atoms. The Morgan fingerprint density at radius 3 is 2.25 bits per heavy atom. The van der Waals surface area contributed by atoms with Crippen LogP contribution in [0.5, 0.6) is 0 Å². The van der Waals surface area contributed by atoms with Crippen LogP contribution in [0.2, 0.25) is 0 Å². The lowest BCUT2D eigenvalue weighted by Crippen LogP contribution is -2.60. The Morgan fingerprint density at radius 1 is 1.02 bits per heavy atom. The molecule has 4 aliphatic rings. The molecule has 4 aliphatic heterocycles. The Kier molecular flexibility index (Phi) is 13.8. The van der Waals surface area contributed by atoms with Gasteiger partial charge in [-0.3, -0.25) is 4.79 Å². The first-order valence-corrected chi connectivity index (χ1v) is 19.1. The van der Waals surface area contributed by atoms with E-state index in [0.717, 1.165) is 0 Å². The summed E-state index contributed by atoms with van der Waals surface area (Å²) in [6, 6.07) is -0.213. The number of aliphatic hydroxyl groups is 4. The van der Waals surface area contributed by atoms with E-state index in [9.17, 15) is 25.2 Å². The lowest BCUT2D eigenvalue weighted by molar-refractivity contribution is -0.318. The van der Waals surface area contributed by atoms with Crippen LogP contribution in [0.3, 0.4) is 0 Å². The number of likely N-dealkylation sites (N-methyl/N-ethyl adjacent to an activating group) is 1.